The Hall–Kier alpha value is -2.34. The van der Waals surface area contributed by atoms with Gasteiger partial charge in [0.25, 0.3) is 5.91 Å². The number of carbonyl (C=O) groups excluding carboxylic acids is 1. The zero-order valence-electron chi connectivity index (χ0n) is 14.3. The van der Waals surface area contributed by atoms with Crippen molar-refractivity contribution < 1.29 is 9.53 Å². The molecule has 2 aromatic rings. The summed E-state index contributed by atoms with van der Waals surface area (Å²) in [5.74, 6) is 1.37. The number of hydrogen-bond acceptors (Lipinski definition) is 5. The first kappa shape index (κ1) is 18.5. The maximum atomic E-state index is 12.5. The Morgan fingerprint density at radius 3 is 2.77 bits per heavy atom. The summed E-state index contributed by atoms with van der Waals surface area (Å²) in [4.78, 5) is 20.7. The zero-order valence-corrected chi connectivity index (χ0v) is 16.4. The van der Waals surface area contributed by atoms with Crippen LogP contribution in [0.15, 0.2) is 42.6 Å². The van der Waals surface area contributed by atoms with Crippen LogP contribution in [0.3, 0.4) is 0 Å². The normalized spacial score (nSPS) is 14.5. The van der Waals surface area contributed by atoms with Gasteiger partial charge in [-0.1, -0.05) is 0 Å². The van der Waals surface area contributed by atoms with E-state index in [0.29, 0.717) is 36.8 Å². The molecular formula is C19H19IN4O2. The van der Waals surface area contributed by atoms with Gasteiger partial charge in [-0.15, -0.1) is 0 Å². The van der Waals surface area contributed by atoms with Crippen LogP contribution in [0, 0.1) is 14.9 Å². The minimum absolute atomic E-state index is 0.0214. The molecule has 0 radical (unpaired) electrons. The van der Waals surface area contributed by atoms with E-state index in [-0.39, 0.29) is 12.5 Å². The van der Waals surface area contributed by atoms with Crippen molar-refractivity contribution in [2.45, 2.75) is 6.42 Å². The van der Waals surface area contributed by atoms with E-state index in [4.69, 9.17) is 4.74 Å². The third kappa shape index (κ3) is 4.64. The van der Waals surface area contributed by atoms with Crippen molar-refractivity contribution in [2.24, 2.45) is 0 Å². The molecule has 7 heteroatoms. The Labute approximate surface area is 166 Å². The molecule has 0 bridgehead atoms. The Kier molecular flexibility index (Phi) is 6.28. The molecule has 0 N–H and O–H groups in total. The summed E-state index contributed by atoms with van der Waals surface area (Å²) in [5.41, 5.74) is 0.564. The van der Waals surface area contributed by atoms with Gasteiger partial charge in [0.1, 0.15) is 17.6 Å². The number of carbonyl (C=O) groups is 1. The van der Waals surface area contributed by atoms with Crippen molar-refractivity contribution in [3.63, 3.8) is 0 Å². The van der Waals surface area contributed by atoms with Crippen molar-refractivity contribution in [1.82, 2.24) is 9.88 Å². The fraction of sp³-hybridized carbons (Fsp3) is 0.316. The molecule has 0 spiro atoms. The lowest BCUT2D eigenvalue weighted by atomic mass is 10.2. The van der Waals surface area contributed by atoms with Gasteiger partial charge < -0.3 is 14.5 Å². The summed E-state index contributed by atoms with van der Waals surface area (Å²) < 4.78 is 6.73. The van der Waals surface area contributed by atoms with Crippen LogP contribution in [0.5, 0.6) is 5.75 Å². The molecule has 0 saturated carbocycles. The highest BCUT2D eigenvalue weighted by atomic mass is 127. The molecule has 0 atom stereocenters. The van der Waals surface area contributed by atoms with Crippen LogP contribution in [-0.2, 0) is 4.79 Å². The number of pyridine rings is 1. The van der Waals surface area contributed by atoms with E-state index < -0.39 is 0 Å². The van der Waals surface area contributed by atoms with Crippen LogP contribution < -0.4 is 9.64 Å². The molecule has 1 aliphatic heterocycles. The smallest absolute Gasteiger partial charge is 0.260 e. The molecule has 26 heavy (non-hydrogen) atoms. The SMILES string of the molecule is N#Cc1cccnc1N1CCCN(C(=O)COc2ccc(I)cc2)CC1. The lowest BCUT2D eigenvalue weighted by Gasteiger charge is -2.23. The Morgan fingerprint density at radius 1 is 1.19 bits per heavy atom. The molecule has 1 aromatic heterocycles. The Morgan fingerprint density at radius 2 is 2.00 bits per heavy atom. The van der Waals surface area contributed by atoms with Crippen LogP contribution >= 0.6 is 22.6 Å². The molecule has 1 saturated heterocycles. The highest BCUT2D eigenvalue weighted by Crippen LogP contribution is 2.18. The van der Waals surface area contributed by atoms with E-state index in [1.54, 1.807) is 18.3 Å². The summed E-state index contributed by atoms with van der Waals surface area (Å²) in [6.07, 6.45) is 2.52. The molecule has 6 nitrogen and oxygen atoms in total. The van der Waals surface area contributed by atoms with Crippen molar-refractivity contribution >= 4 is 34.3 Å². The molecule has 1 aromatic carbocycles. The number of nitrogens with zero attached hydrogens (tertiary/aromatic N) is 4. The third-order valence-electron chi connectivity index (χ3n) is 4.23. The first-order valence-electron chi connectivity index (χ1n) is 8.43. The number of amides is 1. The lowest BCUT2D eigenvalue weighted by Crippen LogP contribution is -2.38. The maximum Gasteiger partial charge on any atom is 0.260 e. The number of hydrogen-bond donors (Lipinski definition) is 0. The van der Waals surface area contributed by atoms with Crippen molar-refractivity contribution in [3.8, 4) is 11.8 Å². The third-order valence-corrected chi connectivity index (χ3v) is 4.95. The topological polar surface area (TPSA) is 69.5 Å². The second-order valence-electron chi connectivity index (χ2n) is 5.95. The van der Waals surface area contributed by atoms with Crippen molar-refractivity contribution in [3.05, 3.63) is 51.7 Å². The molecule has 134 valence electrons. The first-order chi connectivity index (χ1) is 12.7. The van der Waals surface area contributed by atoms with Gasteiger partial charge in [-0.25, -0.2) is 4.98 Å². The van der Waals surface area contributed by atoms with Crippen LogP contribution in [0.25, 0.3) is 0 Å². The van der Waals surface area contributed by atoms with Crippen LogP contribution in [-0.4, -0.2) is 48.6 Å². The predicted octanol–water partition coefficient (Wildman–Crippen LogP) is 2.68. The molecular weight excluding hydrogens is 443 g/mol. The van der Waals surface area contributed by atoms with Gasteiger partial charge in [-0.3, -0.25) is 4.79 Å². The summed E-state index contributed by atoms with van der Waals surface area (Å²) in [7, 11) is 0. The number of rotatable bonds is 4. The van der Waals surface area contributed by atoms with Crippen molar-refractivity contribution in [2.75, 3.05) is 37.7 Å². The van der Waals surface area contributed by atoms with Gasteiger partial charge in [0.2, 0.25) is 0 Å². The summed E-state index contributed by atoms with van der Waals surface area (Å²) in [6, 6.07) is 13.3. The van der Waals surface area contributed by atoms with E-state index >= 15 is 0 Å². The Bertz CT molecular complexity index is 804. The minimum atomic E-state index is -0.0214. The van der Waals surface area contributed by atoms with Gasteiger partial charge in [-0.2, -0.15) is 5.26 Å². The van der Waals surface area contributed by atoms with E-state index in [9.17, 15) is 10.1 Å². The highest BCUT2D eigenvalue weighted by Gasteiger charge is 2.21. The quantitative estimate of drug-likeness (QED) is 0.654. The van der Waals surface area contributed by atoms with Gasteiger partial charge in [-0.05, 0) is 65.4 Å². The number of halogens is 1. The monoisotopic (exact) mass is 462 g/mol. The van der Waals surface area contributed by atoms with Gasteiger partial charge >= 0.3 is 0 Å². The number of benzene rings is 1. The van der Waals surface area contributed by atoms with E-state index in [1.807, 2.05) is 29.2 Å². The van der Waals surface area contributed by atoms with Crippen molar-refractivity contribution in [1.29, 1.82) is 5.26 Å². The van der Waals surface area contributed by atoms with Gasteiger partial charge in [0.15, 0.2) is 6.61 Å². The Balaban J connectivity index is 1.57. The van der Waals surface area contributed by atoms with E-state index in [0.717, 1.165) is 16.5 Å². The molecule has 1 aliphatic rings. The molecule has 0 aliphatic carbocycles. The van der Waals surface area contributed by atoms with E-state index in [1.165, 1.54) is 0 Å². The van der Waals surface area contributed by atoms with Crippen LogP contribution in [0.1, 0.15) is 12.0 Å². The minimum Gasteiger partial charge on any atom is -0.484 e. The average molecular weight is 462 g/mol. The average Bonchev–Trinajstić information content (AvgIpc) is 2.93. The second-order valence-corrected chi connectivity index (χ2v) is 7.20. The number of anilines is 1. The second kappa shape index (κ2) is 8.85. The molecule has 3 rings (SSSR count). The number of aromatic nitrogens is 1. The fourth-order valence-electron chi connectivity index (χ4n) is 2.88. The molecule has 1 amide bonds. The highest BCUT2D eigenvalue weighted by molar-refractivity contribution is 14.1. The molecule has 2 heterocycles. The lowest BCUT2D eigenvalue weighted by molar-refractivity contribution is -0.133. The molecule has 1 fully saturated rings. The van der Waals surface area contributed by atoms with Crippen LogP contribution in [0.2, 0.25) is 0 Å². The van der Waals surface area contributed by atoms with E-state index in [2.05, 4.69) is 38.5 Å². The van der Waals surface area contributed by atoms with Gasteiger partial charge in [0.05, 0.1) is 5.56 Å². The fourth-order valence-corrected chi connectivity index (χ4v) is 3.24. The number of nitriles is 1. The van der Waals surface area contributed by atoms with Crippen LogP contribution in [0.4, 0.5) is 5.82 Å². The zero-order chi connectivity index (χ0) is 18.4. The standard InChI is InChI=1S/C19H19IN4O2/c20-16-4-6-17(7-5-16)26-14-18(25)23-9-2-10-24(12-11-23)19-15(13-21)3-1-8-22-19/h1,3-8H,2,9-12,14H2. The number of ether oxygens (including phenoxy) is 1. The first-order valence-corrected chi connectivity index (χ1v) is 9.51. The largest absolute Gasteiger partial charge is 0.484 e. The summed E-state index contributed by atoms with van der Waals surface area (Å²) in [5, 5.41) is 9.26. The van der Waals surface area contributed by atoms with Gasteiger partial charge in [0, 0.05) is 35.9 Å². The summed E-state index contributed by atoms with van der Waals surface area (Å²) in [6.45, 7) is 2.73. The molecule has 0 unspecified atom stereocenters. The maximum absolute atomic E-state index is 12.5. The predicted molar refractivity (Wildman–Crippen MR) is 107 cm³/mol. The summed E-state index contributed by atoms with van der Waals surface area (Å²) >= 11 is 2.23.